The van der Waals surface area contributed by atoms with E-state index in [9.17, 15) is 0 Å². The topological polar surface area (TPSA) is 6.48 Å². The van der Waals surface area contributed by atoms with E-state index in [0.29, 0.717) is 0 Å². The number of rotatable bonds is 8. The molecule has 0 bridgehead atoms. The van der Waals surface area contributed by atoms with Crippen LogP contribution in [0.25, 0.3) is 54.6 Å². The summed E-state index contributed by atoms with van der Waals surface area (Å²) in [6, 6.07) is 70.7. The van der Waals surface area contributed by atoms with E-state index in [1.807, 2.05) is 0 Å². The summed E-state index contributed by atoms with van der Waals surface area (Å²) in [6.07, 6.45) is 0. The lowest BCUT2D eigenvalue weighted by molar-refractivity contribution is 1.31. The van der Waals surface area contributed by atoms with Crippen molar-refractivity contribution in [3.05, 3.63) is 182 Å². The Bertz CT molecular complexity index is 3570. The summed E-state index contributed by atoms with van der Waals surface area (Å²) in [5.74, 6) is 0. The SMILES string of the molecule is C[SiH2]c1ccc(N(c2cccc3c2[Si](C)(C)c2ccccc2-3)c2ccc3ccc4c(N(c5ccc([Si](C)(C)C)cc5)c5cccc6c5[Si](C)(C)c5ccccc5-6)ccc5ccc2c3c54)cc1. The fraction of sp³-hybridized carbons (Fsp3) is 0.133. The number of nitrogens with zero attached hydrogens (tertiary/aromatic N) is 2. The van der Waals surface area contributed by atoms with E-state index in [0.717, 1.165) is 0 Å². The van der Waals surface area contributed by atoms with Crippen molar-refractivity contribution in [1.29, 1.82) is 0 Å². The molecule has 2 aliphatic rings. The molecule has 0 aromatic heterocycles. The molecule has 0 radical (unpaired) electrons. The Morgan fingerprint density at radius 3 is 1.24 bits per heavy atom. The first-order chi connectivity index (χ1) is 31.9. The highest BCUT2D eigenvalue weighted by Gasteiger charge is 2.42. The molecule has 6 heteroatoms. The normalized spacial score (nSPS) is 14.5. The third-order valence-corrected chi connectivity index (χ3v) is 25.8. The Kier molecular flexibility index (Phi) is 9.27. The zero-order valence-electron chi connectivity index (χ0n) is 39.4. The molecule has 66 heavy (non-hydrogen) atoms. The Labute approximate surface area is 395 Å². The van der Waals surface area contributed by atoms with Gasteiger partial charge in [0.15, 0.2) is 0 Å². The van der Waals surface area contributed by atoms with Gasteiger partial charge in [-0.3, -0.25) is 0 Å². The van der Waals surface area contributed by atoms with Gasteiger partial charge in [-0.1, -0.05) is 196 Å². The summed E-state index contributed by atoms with van der Waals surface area (Å²) in [4.78, 5) is 5.22. The van der Waals surface area contributed by atoms with Gasteiger partial charge >= 0.3 is 0 Å². The molecule has 0 spiro atoms. The van der Waals surface area contributed by atoms with Gasteiger partial charge in [-0.2, -0.15) is 0 Å². The maximum absolute atomic E-state index is 2.61. The lowest BCUT2D eigenvalue weighted by Gasteiger charge is -2.33. The third kappa shape index (κ3) is 6.01. The second kappa shape index (κ2) is 14.9. The maximum Gasteiger partial charge on any atom is 0.116 e. The molecular weight excluding hydrogens is 861 g/mol. The van der Waals surface area contributed by atoms with Gasteiger partial charge in [0.1, 0.15) is 16.1 Å². The van der Waals surface area contributed by atoms with Crippen LogP contribution in [0.5, 0.6) is 0 Å². The minimum absolute atomic E-state index is 0.297. The van der Waals surface area contributed by atoms with Crippen LogP contribution in [-0.2, 0) is 0 Å². The van der Waals surface area contributed by atoms with Crippen molar-refractivity contribution in [3.63, 3.8) is 0 Å². The first kappa shape index (κ1) is 41.2. The number of anilines is 6. The first-order valence-electron chi connectivity index (χ1n) is 23.8. The molecule has 0 N–H and O–H groups in total. The highest BCUT2D eigenvalue weighted by molar-refractivity contribution is 7.05. The second-order valence-corrected chi connectivity index (χ2v) is 36.0. The Balaban J connectivity index is 1.12. The average Bonchev–Trinajstić information content (AvgIpc) is 3.72. The van der Waals surface area contributed by atoms with Crippen molar-refractivity contribution in [2.24, 2.45) is 0 Å². The average molecular weight is 917 g/mol. The van der Waals surface area contributed by atoms with Crippen molar-refractivity contribution in [3.8, 4) is 22.3 Å². The van der Waals surface area contributed by atoms with Gasteiger partial charge in [0, 0.05) is 33.5 Å². The molecule has 0 amide bonds. The van der Waals surface area contributed by atoms with Crippen LogP contribution in [0.4, 0.5) is 34.1 Å². The fourth-order valence-corrected chi connectivity index (χ4v) is 20.7. The zero-order chi connectivity index (χ0) is 45.3. The van der Waals surface area contributed by atoms with Crippen molar-refractivity contribution < 1.29 is 0 Å². The highest BCUT2D eigenvalue weighted by atomic mass is 28.3. The molecule has 2 heterocycles. The Morgan fingerprint density at radius 2 is 0.803 bits per heavy atom. The van der Waals surface area contributed by atoms with Gasteiger partial charge in [-0.25, -0.2) is 0 Å². The molecule has 0 aliphatic carbocycles. The lowest BCUT2D eigenvalue weighted by Crippen LogP contribution is -2.50. The van der Waals surface area contributed by atoms with Gasteiger partial charge in [0.05, 0.1) is 29.0 Å². The molecule has 0 saturated heterocycles. The van der Waals surface area contributed by atoms with E-state index in [-0.39, 0.29) is 9.52 Å². The molecule has 322 valence electrons. The van der Waals surface area contributed by atoms with E-state index in [4.69, 9.17) is 0 Å². The molecule has 0 fully saturated rings. The summed E-state index contributed by atoms with van der Waals surface area (Å²) in [5.41, 5.74) is 13.1. The predicted octanol–water partition coefficient (Wildman–Crippen LogP) is 12.5. The Morgan fingerprint density at radius 1 is 0.394 bits per heavy atom. The van der Waals surface area contributed by atoms with Crippen molar-refractivity contribution >= 4 is 131 Å². The van der Waals surface area contributed by atoms with Crippen molar-refractivity contribution in [2.75, 3.05) is 9.80 Å². The van der Waals surface area contributed by atoms with Gasteiger partial charge in [0.25, 0.3) is 0 Å². The third-order valence-electron chi connectivity index (χ3n) is 15.3. The van der Waals surface area contributed by atoms with E-state index < -0.39 is 24.2 Å². The van der Waals surface area contributed by atoms with E-state index in [1.54, 1.807) is 0 Å². The maximum atomic E-state index is 2.61. The summed E-state index contributed by atoms with van der Waals surface area (Å²) >= 11 is 0. The van der Waals surface area contributed by atoms with Gasteiger partial charge in [-0.05, 0) is 113 Å². The summed E-state index contributed by atoms with van der Waals surface area (Å²) < 4.78 is 0. The largest absolute Gasteiger partial charge is 0.310 e. The second-order valence-electron chi connectivity index (χ2n) is 20.8. The van der Waals surface area contributed by atoms with Crippen LogP contribution in [-0.4, -0.2) is 33.7 Å². The van der Waals surface area contributed by atoms with Crippen LogP contribution >= 0.6 is 0 Å². The van der Waals surface area contributed by atoms with Gasteiger partial charge in [-0.15, -0.1) is 0 Å². The predicted molar refractivity (Wildman–Crippen MR) is 301 cm³/mol. The molecule has 2 aliphatic heterocycles. The smallest absolute Gasteiger partial charge is 0.116 e. The monoisotopic (exact) mass is 916 g/mol. The molecule has 0 saturated carbocycles. The number of benzene rings is 10. The first-order valence-corrected chi connectivity index (χ1v) is 35.5. The van der Waals surface area contributed by atoms with Crippen molar-refractivity contribution in [1.82, 2.24) is 0 Å². The standard InChI is InChI=1S/C60H56N2Si4/c1-63-43-31-27-41(28-32-43)61(53-19-13-17-47-45-15-9-11-21-55(45)65(5,6)59(47)53)51-37-25-39-24-36-50-52(38-26-40-23-35-49(51)57(39)58(40)50)62(42-29-33-44(34-30-42)64(2,3)4)54-20-14-18-48-46-16-10-12-22-56(46)66(7,8)60(48)54/h9-38H,63H2,1-8H3. The van der Waals surface area contributed by atoms with Crippen LogP contribution in [0.1, 0.15) is 0 Å². The quantitative estimate of drug-likeness (QED) is 0.111. The van der Waals surface area contributed by atoms with Gasteiger partial charge in [0.2, 0.25) is 0 Å². The molecule has 2 nitrogen and oxygen atoms in total. The zero-order valence-corrected chi connectivity index (χ0v) is 43.8. The van der Waals surface area contributed by atoms with E-state index in [2.05, 4.69) is 244 Å². The summed E-state index contributed by atoms with van der Waals surface area (Å²) in [7, 11) is -6.00. The number of fused-ring (bicyclic) bond motifs is 6. The van der Waals surface area contributed by atoms with E-state index >= 15 is 0 Å². The minimum Gasteiger partial charge on any atom is -0.310 e. The Hall–Kier alpha value is -6.29. The van der Waals surface area contributed by atoms with Crippen LogP contribution < -0.4 is 40.9 Å². The molecule has 0 unspecified atom stereocenters. The van der Waals surface area contributed by atoms with Crippen LogP contribution in [0.15, 0.2) is 182 Å². The summed E-state index contributed by atoms with van der Waals surface area (Å²) in [6.45, 7) is 19.9. The molecule has 0 atom stereocenters. The van der Waals surface area contributed by atoms with Crippen molar-refractivity contribution in [2.45, 2.75) is 52.4 Å². The number of hydrogen-bond acceptors (Lipinski definition) is 2. The lowest BCUT2D eigenvalue weighted by atomic mass is 9.91. The molecule has 10 aromatic carbocycles. The minimum atomic E-state index is -2.09. The summed E-state index contributed by atoms with van der Waals surface area (Å²) in [5, 5.41) is 16.8. The van der Waals surface area contributed by atoms with Crippen LogP contribution in [0.3, 0.4) is 0 Å². The fourth-order valence-electron chi connectivity index (χ4n) is 12.0. The van der Waals surface area contributed by atoms with Gasteiger partial charge < -0.3 is 9.80 Å². The molecule has 10 aromatic rings. The van der Waals surface area contributed by atoms with Crippen LogP contribution in [0.2, 0.25) is 52.4 Å². The van der Waals surface area contributed by atoms with Crippen LogP contribution in [0, 0.1) is 0 Å². The van der Waals surface area contributed by atoms with E-state index in [1.165, 1.54) is 120 Å². The highest BCUT2D eigenvalue weighted by Crippen LogP contribution is 2.49. The molecular formula is C60H56N2Si4. The molecule has 12 rings (SSSR count). The number of hydrogen-bond donors (Lipinski definition) is 0.